The molecule has 2 aromatic rings. The van der Waals surface area contributed by atoms with Crippen LogP contribution < -0.4 is 11.3 Å². The van der Waals surface area contributed by atoms with Crippen molar-refractivity contribution in [3.63, 3.8) is 0 Å². The number of hydrogen-bond acceptors (Lipinski definition) is 3. The first-order valence-corrected chi connectivity index (χ1v) is 6.26. The molecule has 0 aliphatic heterocycles. The molecule has 1 atom stereocenters. The summed E-state index contributed by atoms with van der Waals surface area (Å²) in [5, 5.41) is 4.38. The Balaban J connectivity index is 2.12. The van der Waals surface area contributed by atoms with E-state index in [9.17, 15) is 0 Å². The van der Waals surface area contributed by atoms with Gasteiger partial charge >= 0.3 is 0 Å². The van der Waals surface area contributed by atoms with Gasteiger partial charge in [-0.15, -0.1) is 0 Å². The van der Waals surface area contributed by atoms with Gasteiger partial charge in [0.05, 0.1) is 11.7 Å². The molecule has 4 nitrogen and oxygen atoms in total. The summed E-state index contributed by atoms with van der Waals surface area (Å²) in [6.07, 6.45) is 3.80. The highest BCUT2D eigenvalue weighted by molar-refractivity contribution is 5.26. The van der Waals surface area contributed by atoms with E-state index in [0.29, 0.717) is 0 Å². The topological polar surface area (TPSA) is 55.9 Å². The Kier molecular flexibility index (Phi) is 4.12. The highest BCUT2D eigenvalue weighted by atomic mass is 15.3. The largest absolute Gasteiger partial charge is 0.276 e. The predicted octanol–water partition coefficient (Wildman–Crippen LogP) is 1.73. The quantitative estimate of drug-likeness (QED) is 0.622. The first-order chi connectivity index (χ1) is 8.72. The maximum absolute atomic E-state index is 5.65. The van der Waals surface area contributed by atoms with Crippen LogP contribution in [0.25, 0.3) is 0 Å². The molecule has 1 unspecified atom stereocenters. The number of hydrazine groups is 1. The van der Waals surface area contributed by atoms with Crippen molar-refractivity contribution in [3.05, 3.63) is 53.3 Å². The fraction of sp³-hybridized carbons (Fsp3) is 0.357. The minimum absolute atomic E-state index is 0.103. The number of nitrogens with two attached hydrogens (primary N) is 1. The zero-order valence-electron chi connectivity index (χ0n) is 10.9. The van der Waals surface area contributed by atoms with Crippen LogP contribution in [0.5, 0.6) is 0 Å². The number of rotatable bonds is 5. The van der Waals surface area contributed by atoms with E-state index in [0.717, 1.165) is 18.5 Å². The van der Waals surface area contributed by atoms with Gasteiger partial charge in [0.1, 0.15) is 0 Å². The standard InChI is InChI=1S/C14H20N4/c1-3-11-4-6-12(7-5-11)14(16-15)10-13-8-9-18(2)17-13/h4-9,14,16H,3,10,15H2,1-2H3. The maximum Gasteiger partial charge on any atom is 0.0643 e. The Morgan fingerprint density at radius 3 is 2.50 bits per heavy atom. The number of aromatic nitrogens is 2. The Labute approximate surface area is 108 Å². The molecule has 0 saturated carbocycles. The summed E-state index contributed by atoms with van der Waals surface area (Å²) in [5.74, 6) is 5.65. The van der Waals surface area contributed by atoms with Gasteiger partial charge in [0.25, 0.3) is 0 Å². The summed E-state index contributed by atoms with van der Waals surface area (Å²) >= 11 is 0. The van der Waals surface area contributed by atoms with Crippen LogP contribution >= 0.6 is 0 Å². The first-order valence-electron chi connectivity index (χ1n) is 6.26. The first kappa shape index (κ1) is 12.8. The van der Waals surface area contributed by atoms with Gasteiger partial charge in [-0.05, 0) is 23.6 Å². The lowest BCUT2D eigenvalue weighted by atomic mass is 10.0. The molecule has 0 bridgehead atoms. The van der Waals surface area contributed by atoms with Gasteiger partial charge in [0.15, 0.2) is 0 Å². The lowest BCUT2D eigenvalue weighted by Crippen LogP contribution is -2.29. The van der Waals surface area contributed by atoms with Crippen LogP contribution in [0, 0.1) is 0 Å². The average molecular weight is 244 g/mol. The second-order valence-corrected chi connectivity index (χ2v) is 4.50. The van der Waals surface area contributed by atoms with Crippen molar-refractivity contribution in [2.24, 2.45) is 12.9 Å². The molecule has 0 amide bonds. The van der Waals surface area contributed by atoms with Gasteiger partial charge in [-0.25, -0.2) is 0 Å². The van der Waals surface area contributed by atoms with Gasteiger partial charge in [-0.2, -0.15) is 5.10 Å². The van der Waals surface area contributed by atoms with E-state index in [2.05, 4.69) is 41.7 Å². The van der Waals surface area contributed by atoms with Gasteiger partial charge < -0.3 is 0 Å². The SMILES string of the molecule is CCc1ccc(C(Cc2ccn(C)n2)NN)cc1. The number of nitrogens with zero attached hydrogens (tertiary/aromatic N) is 2. The van der Waals surface area contributed by atoms with Crippen molar-refractivity contribution < 1.29 is 0 Å². The molecule has 3 N–H and O–H groups in total. The van der Waals surface area contributed by atoms with Crippen molar-refractivity contribution in [1.29, 1.82) is 0 Å². The molecular formula is C14H20N4. The van der Waals surface area contributed by atoms with Crippen LogP contribution in [0.4, 0.5) is 0 Å². The molecule has 0 fully saturated rings. The Morgan fingerprint density at radius 2 is 2.00 bits per heavy atom. The minimum atomic E-state index is 0.103. The second kappa shape index (κ2) is 5.80. The van der Waals surface area contributed by atoms with Gasteiger partial charge in [-0.3, -0.25) is 16.0 Å². The highest BCUT2D eigenvalue weighted by Crippen LogP contribution is 2.17. The van der Waals surface area contributed by atoms with E-state index >= 15 is 0 Å². The number of aryl methyl sites for hydroxylation is 2. The van der Waals surface area contributed by atoms with Crippen LogP contribution in [-0.4, -0.2) is 9.78 Å². The van der Waals surface area contributed by atoms with Crippen LogP contribution in [-0.2, 0) is 19.9 Å². The van der Waals surface area contributed by atoms with Crippen molar-refractivity contribution >= 4 is 0 Å². The monoisotopic (exact) mass is 244 g/mol. The lowest BCUT2D eigenvalue weighted by Gasteiger charge is -2.15. The van der Waals surface area contributed by atoms with E-state index in [1.807, 2.05) is 24.0 Å². The van der Waals surface area contributed by atoms with E-state index in [1.165, 1.54) is 11.1 Å². The Hall–Kier alpha value is -1.65. The van der Waals surface area contributed by atoms with E-state index < -0.39 is 0 Å². The van der Waals surface area contributed by atoms with Crippen molar-refractivity contribution in [2.75, 3.05) is 0 Å². The molecule has 4 heteroatoms. The van der Waals surface area contributed by atoms with Gasteiger partial charge in [-0.1, -0.05) is 31.2 Å². The Bertz CT molecular complexity index is 487. The summed E-state index contributed by atoms with van der Waals surface area (Å²) < 4.78 is 1.81. The van der Waals surface area contributed by atoms with Gasteiger partial charge in [0.2, 0.25) is 0 Å². The van der Waals surface area contributed by atoms with E-state index in [-0.39, 0.29) is 6.04 Å². The third kappa shape index (κ3) is 2.97. The molecule has 96 valence electrons. The third-order valence-electron chi connectivity index (χ3n) is 3.17. The normalized spacial score (nSPS) is 12.6. The molecule has 2 rings (SSSR count). The van der Waals surface area contributed by atoms with Crippen LogP contribution in [0.1, 0.15) is 29.8 Å². The molecule has 0 aliphatic carbocycles. The molecular weight excluding hydrogens is 224 g/mol. The van der Waals surface area contributed by atoms with Crippen LogP contribution in [0.3, 0.4) is 0 Å². The smallest absolute Gasteiger partial charge is 0.0643 e. The summed E-state index contributed by atoms with van der Waals surface area (Å²) in [5.41, 5.74) is 6.44. The van der Waals surface area contributed by atoms with Crippen molar-refractivity contribution in [1.82, 2.24) is 15.2 Å². The fourth-order valence-electron chi connectivity index (χ4n) is 2.04. The molecule has 0 saturated heterocycles. The molecule has 0 aliphatic rings. The summed E-state index contributed by atoms with van der Waals surface area (Å²) in [7, 11) is 1.92. The van der Waals surface area contributed by atoms with Crippen LogP contribution in [0.15, 0.2) is 36.5 Å². The number of hydrogen-bond donors (Lipinski definition) is 2. The van der Waals surface area contributed by atoms with Gasteiger partial charge in [0, 0.05) is 19.7 Å². The van der Waals surface area contributed by atoms with Crippen LogP contribution in [0.2, 0.25) is 0 Å². The van der Waals surface area contributed by atoms with E-state index in [4.69, 9.17) is 5.84 Å². The summed E-state index contributed by atoms with van der Waals surface area (Å²) in [4.78, 5) is 0. The molecule has 1 aromatic heterocycles. The number of benzene rings is 1. The minimum Gasteiger partial charge on any atom is -0.276 e. The zero-order chi connectivity index (χ0) is 13.0. The fourth-order valence-corrected chi connectivity index (χ4v) is 2.04. The molecule has 0 spiro atoms. The highest BCUT2D eigenvalue weighted by Gasteiger charge is 2.11. The molecule has 1 heterocycles. The second-order valence-electron chi connectivity index (χ2n) is 4.50. The van der Waals surface area contributed by atoms with E-state index in [1.54, 1.807) is 0 Å². The third-order valence-corrected chi connectivity index (χ3v) is 3.17. The molecule has 18 heavy (non-hydrogen) atoms. The summed E-state index contributed by atoms with van der Waals surface area (Å²) in [6.45, 7) is 2.15. The van der Waals surface area contributed by atoms with Crippen molar-refractivity contribution in [3.8, 4) is 0 Å². The lowest BCUT2D eigenvalue weighted by molar-refractivity contribution is 0.541. The number of nitrogens with one attached hydrogen (secondary N) is 1. The maximum atomic E-state index is 5.65. The molecule has 0 radical (unpaired) electrons. The average Bonchev–Trinajstić information content (AvgIpc) is 2.82. The molecule has 1 aromatic carbocycles. The van der Waals surface area contributed by atoms with Crippen molar-refractivity contribution in [2.45, 2.75) is 25.8 Å². The predicted molar refractivity (Wildman–Crippen MR) is 72.8 cm³/mol. The zero-order valence-corrected chi connectivity index (χ0v) is 10.9. The summed E-state index contributed by atoms with van der Waals surface area (Å²) in [6, 6.07) is 10.7. The Morgan fingerprint density at radius 1 is 1.28 bits per heavy atom.